The molecule has 11 N–H and O–H groups in total. The molecule has 5 fully saturated rings. The van der Waals surface area contributed by atoms with E-state index in [1.807, 2.05) is 133 Å². The van der Waals surface area contributed by atoms with Crippen molar-refractivity contribution in [1.29, 1.82) is 0 Å². The molecule has 18 rings (SSSR count). The normalized spacial score (nSPS) is 16.0. The van der Waals surface area contributed by atoms with Gasteiger partial charge in [0, 0.05) is 144 Å². The summed E-state index contributed by atoms with van der Waals surface area (Å²) in [6.07, 6.45) is 19.7. The maximum atomic E-state index is 13.4. The van der Waals surface area contributed by atoms with Crippen molar-refractivity contribution in [2.75, 3.05) is 64.8 Å². The molecule has 4 aliphatic heterocycles. The lowest BCUT2D eigenvalue weighted by molar-refractivity contribution is -0.124. The first-order chi connectivity index (χ1) is 60.1. The fourth-order valence-corrected chi connectivity index (χ4v) is 16.1. The van der Waals surface area contributed by atoms with Crippen LogP contribution in [0.3, 0.4) is 0 Å². The number of aliphatic hydroxyl groups excluding tert-OH is 1. The SMILES string of the molecule is C=C1C/C(=C\c2cnn3c(NCCO)cc(Nc4cccc(Cl)c4)nc23)C(=O)N1.C=C1NC(=O)C/C1=C\c1cnn2c(NC3CCCC3)cc(Nc3cccc(Cl)c3)nc12.C=C1NC(=O)C/C1=C\c1cnn2c(S(=O)Cc3ccccc3)cc(-c3cccc(Cl)c3)nc12.CCOCCNc1cc(Nc2cccc(Cl)c2)nc2c(/C=C3\CC(=O)NC3=O)cnn12. The molecular formula is C89H82Cl4N22O8S. The smallest absolute Gasteiger partial charge is 0.254 e. The summed E-state index contributed by atoms with van der Waals surface area (Å²) in [5, 5.41) is 60.3. The van der Waals surface area contributed by atoms with Gasteiger partial charge in [-0.3, -0.25) is 33.5 Å². The molecule has 630 valence electrons. The molecule has 8 aromatic heterocycles. The molecule has 13 aromatic rings. The molecule has 12 heterocycles. The number of allylic oxidation sites excluding steroid dienone is 3. The van der Waals surface area contributed by atoms with E-state index < -0.39 is 16.7 Å². The van der Waals surface area contributed by atoms with Crippen LogP contribution < -0.4 is 53.2 Å². The van der Waals surface area contributed by atoms with E-state index >= 15 is 0 Å². The van der Waals surface area contributed by atoms with Crippen LogP contribution in [-0.2, 0) is 45.3 Å². The third kappa shape index (κ3) is 21.1. The second kappa shape index (κ2) is 39.0. The summed E-state index contributed by atoms with van der Waals surface area (Å²) in [4.78, 5) is 77.9. The molecule has 0 bridgehead atoms. The number of hydrogen-bond acceptors (Lipinski definition) is 22. The van der Waals surface area contributed by atoms with Gasteiger partial charge in [-0.2, -0.15) is 33.9 Å². The number of aliphatic hydroxyl groups is 1. The van der Waals surface area contributed by atoms with E-state index in [9.17, 15) is 33.3 Å². The summed E-state index contributed by atoms with van der Waals surface area (Å²) in [6.45, 7) is 15.7. The van der Waals surface area contributed by atoms with Crippen molar-refractivity contribution in [3.8, 4) is 11.3 Å². The zero-order valence-electron chi connectivity index (χ0n) is 66.7. The number of rotatable bonds is 24. The van der Waals surface area contributed by atoms with Gasteiger partial charge >= 0.3 is 0 Å². The molecular weight excluding hydrogens is 1680 g/mol. The number of ether oxygens (including phenoxy) is 1. The van der Waals surface area contributed by atoms with Crippen LogP contribution in [0.1, 0.15) is 86.1 Å². The van der Waals surface area contributed by atoms with E-state index in [4.69, 9.17) is 61.1 Å². The maximum Gasteiger partial charge on any atom is 0.254 e. The Labute approximate surface area is 733 Å². The van der Waals surface area contributed by atoms with Crippen LogP contribution in [0.2, 0.25) is 20.1 Å². The zero-order chi connectivity index (χ0) is 86.5. The number of aromatic nitrogens is 12. The molecule has 1 aliphatic carbocycles. The highest BCUT2D eigenvalue weighted by atomic mass is 35.5. The number of carbonyl (C=O) groups excluding carboxylic acids is 5. The molecule has 1 saturated carbocycles. The molecule has 124 heavy (non-hydrogen) atoms. The van der Waals surface area contributed by atoms with Crippen LogP contribution in [0.25, 0.3) is 58.2 Å². The van der Waals surface area contributed by atoms with E-state index in [2.05, 4.69) is 103 Å². The fraction of sp³-hybridized carbons (Fsp3) is 0.180. The molecule has 0 spiro atoms. The Morgan fingerprint density at radius 1 is 0.492 bits per heavy atom. The Balaban J connectivity index is 0.000000128. The van der Waals surface area contributed by atoms with Gasteiger partial charge in [-0.1, -0.05) is 140 Å². The van der Waals surface area contributed by atoms with Crippen LogP contribution in [0, 0.1) is 0 Å². The molecule has 5 aromatic carbocycles. The first-order valence-corrected chi connectivity index (χ1v) is 42.3. The number of hydrogen-bond donors (Lipinski definition) is 11. The number of carbonyl (C=O) groups is 5. The number of fused-ring (bicyclic) bond motifs is 4. The summed E-state index contributed by atoms with van der Waals surface area (Å²) in [5.74, 6) is 3.38. The third-order valence-corrected chi connectivity index (χ3v) is 22.2. The van der Waals surface area contributed by atoms with Crippen LogP contribution in [0.5, 0.6) is 0 Å². The fourth-order valence-electron chi connectivity index (χ4n) is 14.1. The van der Waals surface area contributed by atoms with Gasteiger partial charge in [0.1, 0.15) is 39.9 Å². The van der Waals surface area contributed by atoms with Crippen molar-refractivity contribution in [3.05, 3.63) is 283 Å². The van der Waals surface area contributed by atoms with E-state index in [0.29, 0.717) is 178 Å². The zero-order valence-corrected chi connectivity index (χ0v) is 70.6. The molecule has 1 atom stereocenters. The number of nitrogens with zero attached hydrogens (tertiary/aromatic N) is 12. The Kier molecular flexibility index (Phi) is 26.9. The maximum absolute atomic E-state index is 13.4. The largest absolute Gasteiger partial charge is 0.395 e. The van der Waals surface area contributed by atoms with Gasteiger partial charge in [0.2, 0.25) is 17.7 Å². The second-order valence-electron chi connectivity index (χ2n) is 29.1. The van der Waals surface area contributed by atoms with Crippen LogP contribution in [0.15, 0.2) is 241 Å². The summed E-state index contributed by atoms with van der Waals surface area (Å²) in [5.41, 5.74) is 14.5. The van der Waals surface area contributed by atoms with Crippen molar-refractivity contribution >= 4 is 186 Å². The first-order valence-electron chi connectivity index (χ1n) is 39.5. The first kappa shape index (κ1) is 85.3. The molecule has 4 saturated heterocycles. The van der Waals surface area contributed by atoms with Crippen molar-refractivity contribution in [1.82, 2.24) is 79.7 Å². The average Bonchev–Trinajstić information content (AvgIpc) is 1.58. The monoisotopic (exact) mass is 1760 g/mol. The minimum Gasteiger partial charge on any atom is -0.395 e. The van der Waals surface area contributed by atoms with Gasteiger partial charge in [0.15, 0.2) is 22.6 Å². The van der Waals surface area contributed by atoms with Gasteiger partial charge in [0.25, 0.3) is 11.8 Å². The van der Waals surface area contributed by atoms with Crippen molar-refractivity contribution in [2.24, 2.45) is 0 Å². The molecule has 5 aliphatic rings. The highest BCUT2D eigenvalue weighted by Gasteiger charge is 2.28. The summed E-state index contributed by atoms with van der Waals surface area (Å²) < 4.78 is 25.5. The van der Waals surface area contributed by atoms with E-state index in [1.165, 1.54) is 12.8 Å². The van der Waals surface area contributed by atoms with E-state index in [-0.39, 0.29) is 43.1 Å². The van der Waals surface area contributed by atoms with Crippen molar-refractivity contribution in [2.45, 2.75) is 75.1 Å². The number of nitrogens with one attached hydrogen (secondary N) is 10. The summed E-state index contributed by atoms with van der Waals surface area (Å²) >= 11 is 24.5. The molecule has 1 unspecified atom stereocenters. The van der Waals surface area contributed by atoms with Crippen molar-refractivity contribution in [3.63, 3.8) is 0 Å². The van der Waals surface area contributed by atoms with Gasteiger partial charge in [0.05, 0.1) is 79.5 Å². The van der Waals surface area contributed by atoms with Crippen LogP contribution in [0.4, 0.5) is 52.0 Å². The lowest BCUT2D eigenvalue weighted by atomic mass is 10.1. The molecule has 5 amide bonds. The Morgan fingerprint density at radius 3 is 1.38 bits per heavy atom. The van der Waals surface area contributed by atoms with Crippen molar-refractivity contribution < 1.29 is 38.0 Å². The third-order valence-electron chi connectivity index (χ3n) is 19.9. The van der Waals surface area contributed by atoms with Gasteiger partial charge in [-0.15, -0.1) is 0 Å². The van der Waals surface area contributed by atoms with Gasteiger partial charge in [-0.25, -0.2) is 24.5 Å². The summed E-state index contributed by atoms with van der Waals surface area (Å²) in [6, 6.07) is 47.0. The highest BCUT2D eigenvalue weighted by Crippen LogP contribution is 2.35. The van der Waals surface area contributed by atoms with Crippen LogP contribution >= 0.6 is 46.4 Å². The van der Waals surface area contributed by atoms with Crippen LogP contribution in [-0.4, -0.2) is 136 Å². The summed E-state index contributed by atoms with van der Waals surface area (Å²) in [7, 11) is -1.38. The second-order valence-corrected chi connectivity index (χ2v) is 32.2. The Bertz CT molecular complexity index is 6530. The van der Waals surface area contributed by atoms with E-state index in [0.717, 1.165) is 63.6 Å². The number of amides is 5. The predicted molar refractivity (Wildman–Crippen MR) is 485 cm³/mol. The predicted octanol–water partition coefficient (Wildman–Crippen LogP) is 15.6. The molecule has 30 nitrogen and oxygen atoms in total. The van der Waals surface area contributed by atoms with Gasteiger partial charge in [-0.05, 0) is 134 Å². The number of imide groups is 1. The number of halogens is 4. The minimum absolute atomic E-state index is 0.0265. The lowest BCUT2D eigenvalue weighted by Gasteiger charge is -2.16. The molecule has 0 radical (unpaired) electrons. The Morgan fingerprint density at radius 2 is 0.927 bits per heavy atom. The van der Waals surface area contributed by atoms with Gasteiger partial charge < -0.3 is 57.7 Å². The quantitative estimate of drug-likeness (QED) is 0.0116. The average molecular weight is 1760 g/mol. The number of benzene rings is 5. The lowest BCUT2D eigenvalue weighted by Crippen LogP contribution is -2.19. The number of anilines is 9. The standard InChI is InChI=1S/C25H19ClN4O2S.C23H23ClN6O.C21H21ClN6O3.C20H19ClN6O2/c1-16-19(12-23(31)28-16)10-20-14-27-30-24(33(32)15-17-6-3-2-4-7-17)13-22(29-25(20)30)18-8-5-9-21(26)11-18;1-14-15(10-22(31)26-14)9-16-13-25-30-21(28-18-6-2-3-7-18)12-20(29-23(16)30)27-19-8-4-5-17(24)11-19;1-2-31-7-6-23-18-11-17(25-16-5-3-4-15(22)10-16)26-20-14(12-24-28(18)20)8-13-9-19(29)27-21(13)30;1-12-7-13(20(29)24-12)8-14-11-23-27-18(22-5-6-28)10-17(26-19(14)27)25-16-4-2-3-15(21)9-16/h2-11,13-14H,1,12,15H2,(H,28,31);4-5,8-9,11-13,18,28H,1-3,6-7,10H2,(H,26,31)(H,27,29);3-5,8,10-12,23H,2,6-7,9H2,1H3,(H,25,26)(H,27,29,30);2-4,8-11,22,28H,1,5-7H2,(H,24,29)(H,25,26)/b19-10+;15-9+;2*13-8+. The minimum atomic E-state index is -1.38. The van der Waals surface area contributed by atoms with E-state index in [1.54, 1.807) is 93.0 Å². The molecule has 35 heteroatoms. The topological polar surface area (TPSA) is 373 Å². The highest BCUT2D eigenvalue weighted by molar-refractivity contribution is 7.84. The Hall–Kier alpha value is -13.7.